The fraction of sp³-hybridized carbons (Fsp3) is 0.900. The van der Waals surface area contributed by atoms with Crippen molar-refractivity contribution in [3.63, 3.8) is 0 Å². The summed E-state index contributed by atoms with van der Waals surface area (Å²) in [6.07, 6.45) is 2.14. The average molecular weight is 186 g/mol. The van der Waals surface area contributed by atoms with Crippen molar-refractivity contribution in [2.45, 2.75) is 39.2 Å². The minimum absolute atomic E-state index is 0.134. The SMILES string of the molecule is COC(=O)[C@@H]1[C@@H](O)CCCC1(C)C. The van der Waals surface area contributed by atoms with E-state index in [1.807, 2.05) is 13.8 Å². The zero-order valence-electron chi connectivity index (χ0n) is 8.54. The number of rotatable bonds is 1. The molecule has 0 spiro atoms. The topological polar surface area (TPSA) is 46.5 Å². The highest BCUT2D eigenvalue weighted by atomic mass is 16.5. The summed E-state index contributed by atoms with van der Waals surface area (Å²) >= 11 is 0. The van der Waals surface area contributed by atoms with Crippen LogP contribution in [-0.4, -0.2) is 24.3 Å². The van der Waals surface area contributed by atoms with Gasteiger partial charge >= 0.3 is 5.97 Å². The molecular weight excluding hydrogens is 168 g/mol. The molecule has 0 bridgehead atoms. The second-order valence-corrected chi connectivity index (χ2v) is 4.45. The molecule has 0 aromatic rings. The summed E-state index contributed by atoms with van der Waals surface area (Å²) in [4.78, 5) is 11.4. The number of hydrogen-bond acceptors (Lipinski definition) is 3. The Morgan fingerprint density at radius 1 is 1.54 bits per heavy atom. The van der Waals surface area contributed by atoms with E-state index in [2.05, 4.69) is 0 Å². The Hall–Kier alpha value is -0.570. The molecule has 1 saturated carbocycles. The van der Waals surface area contributed by atoms with E-state index in [0.717, 1.165) is 12.8 Å². The Bertz CT molecular complexity index is 198. The molecule has 1 rings (SSSR count). The first kappa shape index (κ1) is 10.5. The van der Waals surface area contributed by atoms with Crippen molar-refractivity contribution in [1.29, 1.82) is 0 Å². The lowest BCUT2D eigenvalue weighted by Crippen LogP contribution is -2.43. The molecule has 0 amide bonds. The Labute approximate surface area is 79.1 Å². The predicted molar refractivity (Wildman–Crippen MR) is 49.1 cm³/mol. The Morgan fingerprint density at radius 2 is 2.15 bits per heavy atom. The fourth-order valence-corrected chi connectivity index (χ4v) is 2.21. The van der Waals surface area contributed by atoms with Crippen molar-refractivity contribution in [2.24, 2.45) is 11.3 Å². The van der Waals surface area contributed by atoms with Gasteiger partial charge in [0, 0.05) is 0 Å². The van der Waals surface area contributed by atoms with Gasteiger partial charge in [-0.3, -0.25) is 4.79 Å². The molecule has 3 nitrogen and oxygen atoms in total. The highest BCUT2D eigenvalue weighted by molar-refractivity contribution is 5.74. The minimum Gasteiger partial charge on any atom is -0.469 e. The number of methoxy groups -OCH3 is 1. The van der Waals surface area contributed by atoms with Crippen LogP contribution in [0.25, 0.3) is 0 Å². The van der Waals surface area contributed by atoms with E-state index in [4.69, 9.17) is 4.74 Å². The van der Waals surface area contributed by atoms with Crippen LogP contribution in [0, 0.1) is 11.3 Å². The maximum absolute atomic E-state index is 11.4. The van der Waals surface area contributed by atoms with Crippen LogP contribution in [0.5, 0.6) is 0 Å². The van der Waals surface area contributed by atoms with Crippen LogP contribution >= 0.6 is 0 Å². The summed E-state index contributed by atoms with van der Waals surface area (Å²) in [7, 11) is 1.37. The second kappa shape index (κ2) is 3.66. The molecule has 0 aliphatic heterocycles. The third-order valence-electron chi connectivity index (χ3n) is 3.00. The number of aliphatic hydroxyl groups excluding tert-OH is 1. The zero-order valence-corrected chi connectivity index (χ0v) is 8.54. The Morgan fingerprint density at radius 3 is 2.62 bits per heavy atom. The molecule has 2 atom stereocenters. The van der Waals surface area contributed by atoms with Gasteiger partial charge in [-0.1, -0.05) is 20.3 Å². The van der Waals surface area contributed by atoms with Crippen molar-refractivity contribution in [3.05, 3.63) is 0 Å². The van der Waals surface area contributed by atoms with E-state index < -0.39 is 6.10 Å². The van der Waals surface area contributed by atoms with Gasteiger partial charge in [-0.05, 0) is 18.3 Å². The van der Waals surface area contributed by atoms with E-state index in [1.54, 1.807) is 0 Å². The number of ether oxygens (including phenoxy) is 1. The van der Waals surface area contributed by atoms with E-state index in [9.17, 15) is 9.90 Å². The summed E-state index contributed by atoms with van der Waals surface area (Å²) in [6.45, 7) is 4.02. The number of esters is 1. The largest absolute Gasteiger partial charge is 0.469 e. The first-order chi connectivity index (χ1) is 5.99. The molecule has 0 saturated heterocycles. The lowest BCUT2D eigenvalue weighted by Gasteiger charge is -2.39. The number of carbonyl (C=O) groups is 1. The van der Waals surface area contributed by atoms with Gasteiger partial charge in [0.25, 0.3) is 0 Å². The molecule has 1 N–H and O–H groups in total. The zero-order chi connectivity index (χ0) is 10.1. The molecule has 1 aliphatic carbocycles. The molecule has 0 heterocycles. The number of carbonyl (C=O) groups excluding carboxylic acids is 1. The Kier molecular flexibility index (Phi) is 2.96. The summed E-state index contributed by atoms with van der Waals surface area (Å²) in [6, 6.07) is 0. The lowest BCUT2D eigenvalue weighted by atomic mass is 9.67. The van der Waals surface area contributed by atoms with Crippen LogP contribution in [0.1, 0.15) is 33.1 Å². The molecular formula is C10H18O3. The summed E-state index contributed by atoms with van der Waals surface area (Å²) in [5.41, 5.74) is -0.134. The minimum atomic E-state index is -0.531. The van der Waals surface area contributed by atoms with Gasteiger partial charge < -0.3 is 9.84 Å². The van der Waals surface area contributed by atoms with E-state index in [-0.39, 0.29) is 17.3 Å². The maximum atomic E-state index is 11.4. The van der Waals surface area contributed by atoms with Gasteiger partial charge in [0.05, 0.1) is 19.1 Å². The van der Waals surface area contributed by atoms with Crippen molar-refractivity contribution < 1.29 is 14.6 Å². The van der Waals surface area contributed by atoms with E-state index >= 15 is 0 Å². The molecule has 3 heteroatoms. The van der Waals surface area contributed by atoms with E-state index in [1.165, 1.54) is 7.11 Å². The monoisotopic (exact) mass is 186 g/mol. The van der Waals surface area contributed by atoms with Crippen molar-refractivity contribution >= 4 is 5.97 Å². The average Bonchev–Trinajstić information content (AvgIpc) is 2.02. The highest BCUT2D eigenvalue weighted by Crippen LogP contribution is 2.41. The lowest BCUT2D eigenvalue weighted by molar-refractivity contribution is -0.158. The third kappa shape index (κ3) is 2.02. The fourth-order valence-electron chi connectivity index (χ4n) is 2.21. The molecule has 1 aliphatic rings. The van der Waals surface area contributed by atoms with Crippen LogP contribution in [0.3, 0.4) is 0 Å². The van der Waals surface area contributed by atoms with Crippen molar-refractivity contribution in [3.8, 4) is 0 Å². The standard InChI is InChI=1S/C10H18O3/c1-10(2)6-4-5-7(11)8(10)9(12)13-3/h7-8,11H,4-6H2,1-3H3/t7-,8-/m0/s1. The third-order valence-corrected chi connectivity index (χ3v) is 3.00. The molecule has 0 unspecified atom stereocenters. The highest BCUT2D eigenvalue weighted by Gasteiger charge is 2.43. The maximum Gasteiger partial charge on any atom is 0.311 e. The van der Waals surface area contributed by atoms with Crippen LogP contribution < -0.4 is 0 Å². The molecule has 13 heavy (non-hydrogen) atoms. The van der Waals surface area contributed by atoms with Crippen LogP contribution in [-0.2, 0) is 9.53 Å². The summed E-state index contributed by atoms with van der Waals surface area (Å²) < 4.78 is 4.70. The van der Waals surface area contributed by atoms with Crippen LogP contribution in [0.4, 0.5) is 0 Å². The van der Waals surface area contributed by atoms with Gasteiger partial charge in [0.2, 0.25) is 0 Å². The van der Waals surface area contributed by atoms with Gasteiger partial charge in [0.1, 0.15) is 0 Å². The number of aliphatic hydroxyl groups is 1. The van der Waals surface area contributed by atoms with Crippen LogP contribution in [0.2, 0.25) is 0 Å². The van der Waals surface area contributed by atoms with Gasteiger partial charge in [-0.25, -0.2) is 0 Å². The first-order valence-corrected chi connectivity index (χ1v) is 4.75. The number of hydrogen-bond donors (Lipinski definition) is 1. The smallest absolute Gasteiger partial charge is 0.311 e. The Balaban J connectivity index is 2.80. The van der Waals surface area contributed by atoms with Crippen LogP contribution in [0.15, 0.2) is 0 Å². The van der Waals surface area contributed by atoms with Gasteiger partial charge in [-0.15, -0.1) is 0 Å². The van der Waals surface area contributed by atoms with Crippen molar-refractivity contribution in [1.82, 2.24) is 0 Å². The molecule has 0 aromatic carbocycles. The molecule has 0 radical (unpaired) electrons. The summed E-state index contributed by atoms with van der Waals surface area (Å²) in [5.74, 6) is -0.636. The predicted octanol–water partition coefficient (Wildman–Crippen LogP) is 1.35. The quantitative estimate of drug-likeness (QED) is 0.629. The second-order valence-electron chi connectivity index (χ2n) is 4.45. The summed E-state index contributed by atoms with van der Waals surface area (Å²) in [5, 5.41) is 9.71. The molecule has 1 fully saturated rings. The van der Waals surface area contributed by atoms with E-state index in [0.29, 0.717) is 6.42 Å². The first-order valence-electron chi connectivity index (χ1n) is 4.75. The van der Waals surface area contributed by atoms with Gasteiger partial charge in [0.15, 0.2) is 0 Å². The normalized spacial score (nSPS) is 32.6. The molecule has 0 aromatic heterocycles. The molecule has 76 valence electrons. The van der Waals surface area contributed by atoms with Gasteiger partial charge in [-0.2, -0.15) is 0 Å². The van der Waals surface area contributed by atoms with Crippen molar-refractivity contribution in [2.75, 3.05) is 7.11 Å².